The number of nitrogens with two attached hydrogens (primary N) is 1. The Morgan fingerprint density at radius 3 is 3.05 bits per heavy atom. The number of hydrogen-bond acceptors (Lipinski definition) is 3. The normalized spacial score (nSPS) is 18.9. The van der Waals surface area contributed by atoms with Gasteiger partial charge < -0.3 is 10.6 Å². The lowest BCUT2D eigenvalue weighted by molar-refractivity contribution is 0.0739. The average Bonchev–Trinajstić information content (AvgIpc) is 3.03. The number of aryl methyl sites for hydroxylation is 1. The van der Waals surface area contributed by atoms with E-state index >= 15 is 0 Å². The molecule has 1 atom stereocenters. The molecule has 1 amide bonds. The SMILES string of the molecule is CCC1CCCN1C(=O)c1sc2ccc(C)cc2c1N. The van der Waals surface area contributed by atoms with E-state index in [1.807, 2.05) is 11.8 Å². The molecule has 106 valence electrons. The summed E-state index contributed by atoms with van der Waals surface area (Å²) < 4.78 is 1.10. The van der Waals surface area contributed by atoms with Crippen molar-refractivity contribution in [3.05, 3.63) is 28.6 Å². The molecule has 20 heavy (non-hydrogen) atoms. The van der Waals surface area contributed by atoms with E-state index in [4.69, 9.17) is 5.73 Å². The van der Waals surface area contributed by atoms with Crippen molar-refractivity contribution in [3.8, 4) is 0 Å². The molecule has 0 spiro atoms. The van der Waals surface area contributed by atoms with Crippen LogP contribution in [0.25, 0.3) is 10.1 Å². The van der Waals surface area contributed by atoms with E-state index in [9.17, 15) is 4.79 Å². The monoisotopic (exact) mass is 288 g/mol. The summed E-state index contributed by atoms with van der Waals surface area (Å²) in [4.78, 5) is 15.5. The van der Waals surface area contributed by atoms with Crippen LogP contribution >= 0.6 is 11.3 Å². The zero-order valence-corrected chi connectivity index (χ0v) is 12.8. The fourth-order valence-electron chi connectivity index (χ4n) is 3.05. The second-order valence-electron chi connectivity index (χ2n) is 5.55. The Kier molecular flexibility index (Phi) is 3.42. The number of fused-ring (bicyclic) bond motifs is 1. The van der Waals surface area contributed by atoms with E-state index in [-0.39, 0.29) is 5.91 Å². The van der Waals surface area contributed by atoms with Gasteiger partial charge in [-0.15, -0.1) is 11.3 Å². The lowest BCUT2D eigenvalue weighted by Gasteiger charge is -2.23. The molecule has 1 saturated heterocycles. The Morgan fingerprint density at radius 1 is 1.50 bits per heavy atom. The molecule has 3 nitrogen and oxygen atoms in total. The van der Waals surface area contributed by atoms with E-state index < -0.39 is 0 Å². The van der Waals surface area contributed by atoms with Gasteiger partial charge in [0, 0.05) is 22.7 Å². The van der Waals surface area contributed by atoms with Crippen molar-refractivity contribution in [3.63, 3.8) is 0 Å². The van der Waals surface area contributed by atoms with E-state index in [2.05, 4.69) is 25.1 Å². The molecule has 1 aliphatic heterocycles. The van der Waals surface area contributed by atoms with E-state index in [1.165, 1.54) is 16.9 Å². The third-order valence-corrected chi connectivity index (χ3v) is 5.36. The van der Waals surface area contributed by atoms with Crippen LogP contribution in [0.3, 0.4) is 0 Å². The maximum Gasteiger partial charge on any atom is 0.266 e. The highest BCUT2D eigenvalue weighted by molar-refractivity contribution is 7.21. The molecule has 2 aromatic rings. The summed E-state index contributed by atoms with van der Waals surface area (Å²) in [6.07, 6.45) is 3.25. The van der Waals surface area contributed by atoms with E-state index in [0.29, 0.717) is 16.6 Å². The first-order valence-corrected chi connectivity index (χ1v) is 8.03. The number of carbonyl (C=O) groups excluding carboxylic acids is 1. The minimum absolute atomic E-state index is 0.116. The molecule has 4 heteroatoms. The van der Waals surface area contributed by atoms with Crippen molar-refractivity contribution in [1.29, 1.82) is 0 Å². The summed E-state index contributed by atoms with van der Waals surface area (Å²) >= 11 is 1.52. The van der Waals surface area contributed by atoms with Gasteiger partial charge in [-0.3, -0.25) is 4.79 Å². The topological polar surface area (TPSA) is 46.3 Å². The Morgan fingerprint density at radius 2 is 2.30 bits per heavy atom. The van der Waals surface area contributed by atoms with E-state index in [1.54, 1.807) is 0 Å². The summed E-state index contributed by atoms with van der Waals surface area (Å²) in [6.45, 7) is 5.06. The number of thiophene rings is 1. The predicted octanol–water partition coefficient (Wildman–Crippen LogP) is 3.81. The Labute approximate surface area is 123 Å². The highest BCUT2D eigenvalue weighted by atomic mass is 32.1. The molecule has 1 unspecified atom stereocenters. The fraction of sp³-hybridized carbons (Fsp3) is 0.438. The number of nitrogens with zero attached hydrogens (tertiary/aromatic N) is 1. The van der Waals surface area contributed by atoms with Gasteiger partial charge in [0.15, 0.2) is 0 Å². The number of benzene rings is 1. The zero-order chi connectivity index (χ0) is 14.3. The maximum atomic E-state index is 12.7. The largest absolute Gasteiger partial charge is 0.397 e. The van der Waals surface area contributed by atoms with Crippen molar-refractivity contribution in [1.82, 2.24) is 4.90 Å². The van der Waals surface area contributed by atoms with Gasteiger partial charge in [0.1, 0.15) is 4.88 Å². The highest BCUT2D eigenvalue weighted by Crippen LogP contribution is 2.36. The van der Waals surface area contributed by atoms with Crippen LogP contribution in [0.15, 0.2) is 18.2 Å². The van der Waals surface area contributed by atoms with Crippen molar-refractivity contribution in [2.24, 2.45) is 0 Å². The fourth-order valence-corrected chi connectivity index (χ4v) is 4.11. The molecule has 1 fully saturated rings. The molecular formula is C16H20N2OS. The number of rotatable bonds is 2. The van der Waals surface area contributed by atoms with Crippen LogP contribution in [0, 0.1) is 6.92 Å². The predicted molar refractivity (Wildman–Crippen MR) is 85.3 cm³/mol. The molecule has 1 aromatic carbocycles. The third kappa shape index (κ3) is 2.08. The molecule has 3 rings (SSSR count). The van der Waals surface area contributed by atoms with Gasteiger partial charge >= 0.3 is 0 Å². The van der Waals surface area contributed by atoms with Gasteiger partial charge in [-0.25, -0.2) is 0 Å². The van der Waals surface area contributed by atoms with Gasteiger partial charge in [-0.2, -0.15) is 0 Å². The van der Waals surface area contributed by atoms with Crippen LogP contribution < -0.4 is 5.73 Å². The molecule has 0 saturated carbocycles. The van der Waals surface area contributed by atoms with Gasteiger partial charge in [-0.1, -0.05) is 18.6 Å². The molecule has 1 aromatic heterocycles. The molecular weight excluding hydrogens is 268 g/mol. The molecule has 0 radical (unpaired) electrons. The standard InChI is InChI=1S/C16H20N2OS/c1-3-11-5-4-8-18(11)16(19)15-14(17)12-9-10(2)6-7-13(12)20-15/h6-7,9,11H,3-5,8,17H2,1-2H3. The minimum atomic E-state index is 0.116. The lowest BCUT2D eigenvalue weighted by Crippen LogP contribution is -2.34. The third-order valence-electron chi connectivity index (χ3n) is 4.19. The van der Waals surface area contributed by atoms with Crippen molar-refractivity contribution in [2.75, 3.05) is 12.3 Å². The molecule has 0 bridgehead atoms. The van der Waals surface area contributed by atoms with Crippen LogP contribution in [-0.2, 0) is 0 Å². The van der Waals surface area contributed by atoms with Crippen LogP contribution in [0.5, 0.6) is 0 Å². The van der Waals surface area contributed by atoms with Gasteiger partial charge in [0.25, 0.3) is 5.91 Å². The lowest BCUT2D eigenvalue weighted by atomic mass is 10.1. The first-order chi connectivity index (χ1) is 9.61. The number of hydrogen-bond donors (Lipinski definition) is 1. The van der Waals surface area contributed by atoms with Crippen molar-refractivity contribution in [2.45, 2.75) is 39.2 Å². The van der Waals surface area contributed by atoms with Gasteiger partial charge in [0.2, 0.25) is 0 Å². The van der Waals surface area contributed by atoms with Crippen LogP contribution in [0.1, 0.15) is 41.4 Å². The first kappa shape index (κ1) is 13.4. The Hall–Kier alpha value is -1.55. The number of amides is 1. The van der Waals surface area contributed by atoms with Crippen molar-refractivity contribution < 1.29 is 4.79 Å². The molecule has 1 aliphatic rings. The molecule has 2 N–H and O–H groups in total. The van der Waals surface area contributed by atoms with E-state index in [0.717, 1.165) is 35.9 Å². The number of carbonyl (C=O) groups is 1. The van der Waals surface area contributed by atoms with Crippen LogP contribution in [0.4, 0.5) is 5.69 Å². The summed E-state index contributed by atoms with van der Waals surface area (Å²) in [5, 5.41) is 1.02. The van der Waals surface area contributed by atoms with Crippen LogP contribution in [0.2, 0.25) is 0 Å². The second kappa shape index (κ2) is 5.09. The summed E-state index contributed by atoms with van der Waals surface area (Å²) in [6, 6.07) is 6.58. The Bertz CT molecular complexity index is 662. The number of likely N-dealkylation sites (tertiary alicyclic amines) is 1. The zero-order valence-electron chi connectivity index (χ0n) is 12.0. The highest BCUT2D eigenvalue weighted by Gasteiger charge is 2.30. The summed E-state index contributed by atoms with van der Waals surface area (Å²) in [7, 11) is 0. The first-order valence-electron chi connectivity index (χ1n) is 7.21. The van der Waals surface area contributed by atoms with Crippen molar-refractivity contribution >= 4 is 33.0 Å². The number of nitrogen functional groups attached to an aromatic ring is 1. The summed E-state index contributed by atoms with van der Waals surface area (Å²) in [5.74, 6) is 0.116. The van der Waals surface area contributed by atoms with Gasteiger partial charge in [-0.05, 0) is 38.3 Å². The Balaban J connectivity index is 2.01. The smallest absolute Gasteiger partial charge is 0.266 e. The van der Waals surface area contributed by atoms with Crippen LogP contribution in [-0.4, -0.2) is 23.4 Å². The average molecular weight is 288 g/mol. The second-order valence-corrected chi connectivity index (χ2v) is 6.60. The van der Waals surface area contributed by atoms with Gasteiger partial charge in [0.05, 0.1) is 5.69 Å². The molecule has 0 aliphatic carbocycles. The maximum absolute atomic E-state index is 12.7. The number of anilines is 1. The minimum Gasteiger partial charge on any atom is -0.397 e. The summed E-state index contributed by atoms with van der Waals surface area (Å²) in [5.41, 5.74) is 8.05. The quantitative estimate of drug-likeness (QED) is 0.913. The molecule has 2 heterocycles.